The number of carbonyl (C=O) groups is 1. The zero-order valence-corrected chi connectivity index (χ0v) is 6.98. The van der Waals surface area contributed by atoms with E-state index in [1.807, 2.05) is 0 Å². The van der Waals surface area contributed by atoms with Gasteiger partial charge in [0.1, 0.15) is 6.54 Å². The van der Waals surface area contributed by atoms with Crippen LogP contribution >= 0.6 is 0 Å². The molecule has 0 aromatic heterocycles. The van der Waals surface area contributed by atoms with Crippen LogP contribution in [0.3, 0.4) is 0 Å². The molecule has 0 spiro atoms. The van der Waals surface area contributed by atoms with Gasteiger partial charge in [0.25, 0.3) is 0 Å². The van der Waals surface area contributed by atoms with E-state index in [2.05, 4.69) is 6.58 Å². The molecular weight excluding hydrogens is 185 g/mol. The van der Waals surface area contributed by atoms with Crippen molar-refractivity contribution in [2.75, 3.05) is 6.54 Å². The van der Waals surface area contributed by atoms with E-state index in [4.69, 9.17) is 5.41 Å². The molecule has 0 saturated carbocycles. The van der Waals surface area contributed by atoms with Crippen molar-refractivity contribution in [3.63, 3.8) is 0 Å². The van der Waals surface area contributed by atoms with Crippen LogP contribution < -0.4 is 0 Å². The van der Waals surface area contributed by atoms with Crippen LogP contribution in [0.5, 0.6) is 0 Å². The fourth-order valence-electron chi connectivity index (χ4n) is 0.678. The Morgan fingerprint density at radius 1 is 1.62 bits per heavy atom. The first-order valence-electron chi connectivity index (χ1n) is 3.31. The number of nitrogens with zero attached hydrogens (tertiary/aromatic N) is 1. The van der Waals surface area contributed by atoms with Gasteiger partial charge in [-0.25, -0.2) is 0 Å². The van der Waals surface area contributed by atoms with E-state index < -0.39 is 12.7 Å². The van der Waals surface area contributed by atoms with Crippen LogP contribution in [-0.4, -0.2) is 29.7 Å². The maximum atomic E-state index is 11.9. The van der Waals surface area contributed by atoms with Crippen molar-refractivity contribution in [1.29, 1.82) is 5.41 Å². The number of alkyl halides is 3. The van der Waals surface area contributed by atoms with E-state index in [0.29, 0.717) is 4.90 Å². The highest BCUT2D eigenvalue weighted by molar-refractivity contribution is 5.85. The van der Waals surface area contributed by atoms with Crippen LogP contribution in [0.25, 0.3) is 0 Å². The predicted octanol–water partition coefficient (Wildman–Crippen LogP) is 1.56. The Hall–Kier alpha value is -1.33. The van der Waals surface area contributed by atoms with E-state index in [-0.39, 0.29) is 17.8 Å². The second-order valence-electron chi connectivity index (χ2n) is 2.40. The Labute approximate surface area is 73.3 Å². The van der Waals surface area contributed by atoms with Crippen molar-refractivity contribution < 1.29 is 18.0 Å². The molecule has 1 N–H and O–H groups in total. The minimum absolute atomic E-state index is 0.184. The number of hydrogen-bond donors (Lipinski definition) is 1. The molecule has 0 aromatic rings. The van der Waals surface area contributed by atoms with Gasteiger partial charge in [0, 0.05) is 0 Å². The minimum atomic E-state index is -4.45. The van der Waals surface area contributed by atoms with Gasteiger partial charge in [0.05, 0.1) is 11.5 Å². The van der Waals surface area contributed by atoms with Gasteiger partial charge in [-0.05, 0) is 6.92 Å². The van der Waals surface area contributed by atoms with Crippen molar-refractivity contribution >= 4 is 12.1 Å². The molecule has 0 aromatic carbocycles. The average Bonchev–Trinajstić information content (AvgIpc) is 1.96. The van der Waals surface area contributed by atoms with Gasteiger partial charge in [0.2, 0.25) is 0 Å². The average molecular weight is 194 g/mol. The fraction of sp³-hybridized carbons (Fsp3) is 0.429. The molecule has 0 fully saturated rings. The van der Waals surface area contributed by atoms with Gasteiger partial charge in [-0.15, -0.1) is 0 Å². The molecule has 0 rings (SSSR count). The van der Waals surface area contributed by atoms with E-state index in [0.717, 1.165) is 6.92 Å². The van der Waals surface area contributed by atoms with Crippen LogP contribution in [0, 0.1) is 5.41 Å². The van der Waals surface area contributed by atoms with Crippen molar-refractivity contribution in [3.05, 3.63) is 12.3 Å². The van der Waals surface area contributed by atoms with Gasteiger partial charge >= 0.3 is 6.18 Å². The molecule has 0 amide bonds. The number of halogens is 3. The maximum absolute atomic E-state index is 11.9. The number of hydrogen-bond acceptors (Lipinski definition) is 2. The lowest BCUT2D eigenvalue weighted by Gasteiger charge is -2.23. The number of aldehydes is 1. The number of allylic oxidation sites excluding steroid dienone is 1. The maximum Gasteiger partial charge on any atom is 0.406 e. The lowest BCUT2D eigenvalue weighted by Crippen LogP contribution is -2.36. The number of nitrogens with one attached hydrogen (secondary N) is 1. The SMILES string of the molecule is C=C(C=O)N(CC(F)(F)F)C(C)=N. The van der Waals surface area contributed by atoms with E-state index in [1.165, 1.54) is 0 Å². The molecular formula is C7H9F3N2O. The predicted molar refractivity (Wildman–Crippen MR) is 41.4 cm³/mol. The quantitative estimate of drug-likeness (QED) is 0.320. The first-order chi connectivity index (χ1) is 5.78. The zero-order chi connectivity index (χ0) is 10.6. The highest BCUT2D eigenvalue weighted by Crippen LogP contribution is 2.18. The molecule has 0 atom stereocenters. The van der Waals surface area contributed by atoms with Crippen LogP contribution in [0.4, 0.5) is 13.2 Å². The Kier molecular flexibility index (Phi) is 3.65. The minimum Gasteiger partial charge on any atom is -0.319 e. The summed E-state index contributed by atoms with van der Waals surface area (Å²) in [5.74, 6) is -0.366. The molecule has 0 aliphatic rings. The molecule has 0 heterocycles. The lowest BCUT2D eigenvalue weighted by molar-refractivity contribution is -0.135. The second-order valence-corrected chi connectivity index (χ2v) is 2.40. The molecule has 0 unspecified atom stereocenters. The number of carbonyl (C=O) groups excluding carboxylic acids is 1. The summed E-state index contributed by atoms with van der Waals surface area (Å²) in [5.41, 5.74) is -0.371. The van der Waals surface area contributed by atoms with Gasteiger partial charge in [-0.3, -0.25) is 10.2 Å². The largest absolute Gasteiger partial charge is 0.406 e. The second kappa shape index (κ2) is 4.06. The van der Waals surface area contributed by atoms with Crippen LogP contribution in [0.15, 0.2) is 12.3 Å². The summed E-state index contributed by atoms with van der Waals surface area (Å²) < 4.78 is 35.6. The third-order valence-corrected chi connectivity index (χ3v) is 1.23. The molecule has 0 radical (unpaired) electrons. The standard InChI is InChI=1S/C7H9F3N2O/c1-5(3-13)12(6(2)11)4-7(8,9)10/h3,11H,1,4H2,2H3. The van der Waals surface area contributed by atoms with Crippen molar-refractivity contribution in [1.82, 2.24) is 4.90 Å². The summed E-state index contributed by atoms with van der Waals surface area (Å²) >= 11 is 0. The highest BCUT2D eigenvalue weighted by Gasteiger charge is 2.32. The Balaban J connectivity index is 4.54. The summed E-state index contributed by atoms with van der Waals surface area (Å²) in [5, 5.41) is 6.97. The Morgan fingerprint density at radius 3 is 2.31 bits per heavy atom. The topological polar surface area (TPSA) is 44.2 Å². The number of amidine groups is 1. The molecule has 0 aliphatic heterocycles. The first-order valence-corrected chi connectivity index (χ1v) is 3.31. The van der Waals surface area contributed by atoms with E-state index in [9.17, 15) is 18.0 Å². The Bertz CT molecular complexity index is 234. The lowest BCUT2D eigenvalue weighted by atomic mass is 10.4. The number of rotatable bonds is 3. The molecule has 74 valence electrons. The molecule has 0 bridgehead atoms. The molecule has 3 nitrogen and oxygen atoms in total. The summed E-state index contributed by atoms with van der Waals surface area (Å²) in [6.45, 7) is 2.89. The van der Waals surface area contributed by atoms with Gasteiger partial charge < -0.3 is 4.90 Å². The summed E-state index contributed by atoms with van der Waals surface area (Å²) in [7, 11) is 0. The van der Waals surface area contributed by atoms with Crippen molar-refractivity contribution in [2.45, 2.75) is 13.1 Å². The molecule has 6 heteroatoms. The first kappa shape index (κ1) is 11.7. The van der Waals surface area contributed by atoms with E-state index >= 15 is 0 Å². The van der Waals surface area contributed by atoms with Crippen molar-refractivity contribution in [3.8, 4) is 0 Å². The third kappa shape index (κ3) is 4.29. The fourth-order valence-corrected chi connectivity index (χ4v) is 0.678. The summed E-state index contributed by atoms with van der Waals surface area (Å²) in [4.78, 5) is 10.6. The van der Waals surface area contributed by atoms with Gasteiger partial charge in [0.15, 0.2) is 6.29 Å². The molecule has 0 aliphatic carbocycles. The zero-order valence-electron chi connectivity index (χ0n) is 6.98. The third-order valence-electron chi connectivity index (χ3n) is 1.23. The Morgan fingerprint density at radius 2 is 2.08 bits per heavy atom. The normalized spacial score (nSPS) is 10.8. The summed E-state index contributed by atoms with van der Waals surface area (Å²) in [6, 6.07) is 0. The summed E-state index contributed by atoms with van der Waals surface area (Å²) in [6.07, 6.45) is -4.27. The molecule has 0 saturated heterocycles. The van der Waals surface area contributed by atoms with E-state index in [1.54, 1.807) is 0 Å². The van der Waals surface area contributed by atoms with Crippen molar-refractivity contribution in [2.24, 2.45) is 0 Å². The van der Waals surface area contributed by atoms with Crippen LogP contribution in [0.1, 0.15) is 6.92 Å². The van der Waals surface area contributed by atoms with Gasteiger partial charge in [-0.2, -0.15) is 13.2 Å². The van der Waals surface area contributed by atoms with Crippen LogP contribution in [-0.2, 0) is 4.79 Å². The van der Waals surface area contributed by atoms with Gasteiger partial charge in [-0.1, -0.05) is 6.58 Å². The molecule has 13 heavy (non-hydrogen) atoms. The highest BCUT2D eigenvalue weighted by atomic mass is 19.4. The monoisotopic (exact) mass is 194 g/mol. The smallest absolute Gasteiger partial charge is 0.319 e. The van der Waals surface area contributed by atoms with Crippen LogP contribution in [0.2, 0.25) is 0 Å².